The Bertz CT molecular complexity index is 198. The van der Waals surface area contributed by atoms with E-state index in [4.69, 9.17) is 0 Å². The van der Waals surface area contributed by atoms with Crippen molar-refractivity contribution in [2.45, 2.75) is 13.0 Å². The minimum absolute atomic E-state index is 0.115. The van der Waals surface area contributed by atoms with E-state index in [2.05, 4.69) is 4.18 Å². The maximum atomic E-state index is 10.5. The minimum Gasteiger partial charge on any atom is -0.304 e. The summed E-state index contributed by atoms with van der Waals surface area (Å²) in [5.41, 5.74) is 0. The van der Waals surface area contributed by atoms with E-state index in [-0.39, 0.29) is 12.6 Å². The lowest BCUT2D eigenvalue weighted by Gasteiger charge is -2.18. The van der Waals surface area contributed by atoms with E-state index in [1.165, 1.54) is 0 Å². The summed E-state index contributed by atoms with van der Waals surface area (Å²) >= 11 is 0. The van der Waals surface area contributed by atoms with E-state index in [0.29, 0.717) is 0 Å². The Morgan fingerprint density at radius 2 is 1.91 bits per heavy atom. The van der Waals surface area contributed by atoms with Crippen LogP contribution in [0, 0.1) is 0 Å². The van der Waals surface area contributed by atoms with E-state index in [1.54, 1.807) is 0 Å². The van der Waals surface area contributed by atoms with Crippen molar-refractivity contribution in [3.05, 3.63) is 0 Å². The molecule has 0 N–H and O–H groups in total. The molecule has 0 aliphatic carbocycles. The topological polar surface area (TPSA) is 46.6 Å². The average Bonchev–Trinajstić information content (AvgIpc) is 1.80. The first-order valence-electron chi connectivity index (χ1n) is 3.34. The van der Waals surface area contributed by atoms with Crippen molar-refractivity contribution in [3.8, 4) is 0 Å². The van der Waals surface area contributed by atoms with Gasteiger partial charge in [-0.2, -0.15) is 8.42 Å². The first-order valence-corrected chi connectivity index (χ1v) is 5.15. The molecule has 0 rings (SSSR count). The summed E-state index contributed by atoms with van der Waals surface area (Å²) in [6.45, 7) is 2.11. The van der Waals surface area contributed by atoms with Gasteiger partial charge in [-0.1, -0.05) is 0 Å². The summed E-state index contributed by atoms with van der Waals surface area (Å²) in [6.07, 6.45) is 1.05. The fraction of sp³-hybridized carbons (Fsp3) is 1.00. The number of hydrogen-bond donors (Lipinski definition) is 0. The fourth-order valence-corrected chi connectivity index (χ4v) is 0.815. The molecule has 0 aromatic heterocycles. The molecule has 0 aliphatic rings. The van der Waals surface area contributed by atoms with Gasteiger partial charge in [-0.3, -0.25) is 4.18 Å². The van der Waals surface area contributed by atoms with E-state index >= 15 is 0 Å². The molecule has 0 saturated carbocycles. The van der Waals surface area contributed by atoms with Crippen LogP contribution in [0.5, 0.6) is 0 Å². The zero-order chi connectivity index (χ0) is 9.07. The summed E-state index contributed by atoms with van der Waals surface area (Å²) in [7, 11) is 0.463. The van der Waals surface area contributed by atoms with E-state index in [1.807, 2.05) is 25.9 Å². The van der Waals surface area contributed by atoms with Crippen molar-refractivity contribution in [1.82, 2.24) is 4.90 Å². The number of hydrogen-bond acceptors (Lipinski definition) is 4. The third-order valence-electron chi connectivity index (χ3n) is 1.40. The Morgan fingerprint density at radius 1 is 1.45 bits per heavy atom. The monoisotopic (exact) mass is 181 g/mol. The normalized spacial score (nSPS) is 15.4. The first kappa shape index (κ1) is 10.9. The summed E-state index contributed by atoms with van der Waals surface area (Å²) in [5.74, 6) is 0. The van der Waals surface area contributed by atoms with Crippen molar-refractivity contribution >= 4 is 10.1 Å². The zero-order valence-corrected chi connectivity index (χ0v) is 8.18. The van der Waals surface area contributed by atoms with Gasteiger partial charge in [0.1, 0.15) is 0 Å². The Hall–Kier alpha value is -0.130. The van der Waals surface area contributed by atoms with Gasteiger partial charge in [0.25, 0.3) is 10.1 Å². The molecule has 0 amide bonds. The lowest BCUT2D eigenvalue weighted by Crippen LogP contribution is -2.30. The predicted molar refractivity (Wildman–Crippen MR) is 43.9 cm³/mol. The molecule has 0 fully saturated rings. The number of likely N-dealkylation sites (N-methyl/N-ethyl adjacent to an activating group) is 1. The molecule has 0 radical (unpaired) electrons. The average molecular weight is 181 g/mol. The predicted octanol–water partition coefficient (Wildman–Crippen LogP) is -0.0873. The van der Waals surface area contributed by atoms with Crippen molar-refractivity contribution in [1.29, 1.82) is 0 Å². The standard InChI is InChI=1S/C6H15NO3S/c1-6(7(2)3)5-10-11(4,8)9/h6H,5H2,1-4H3/t6-/m1/s1. The van der Waals surface area contributed by atoms with Crippen LogP contribution < -0.4 is 0 Å². The highest BCUT2D eigenvalue weighted by Crippen LogP contribution is 1.95. The molecule has 0 unspecified atom stereocenters. The molecule has 1 atom stereocenters. The second-order valence-corrected chi connectivity index (χ2v) is 4.45. The second-order valence-electron chi connectivity index (χ2n) is 2.80. The molecule has 0 heterocycles. The van der Waals surface area contributed by atoms with Gasteiger partial charge in [0.15, 0.2) is 0 Å². The van der Waals surface area contributed by atoms with E-state index < -0.39 is 10.1 Å². The zero-order valence-electron chi connectivity index (χ0n) is 7.36. The highest BCUT2D eigenvalue weighted by Gasteiger charge is 2.08. The van der Waals surface area contributed by atoms with E-state index in [9.17, 15) is 8.42 Å². The van der Waals surface area contributed by atoms with Crippen LogP contribution in [-0.2, 0) is 14.3 Å². The van der Waals surface area contributed by atoms with Gasteiger partial charge in [0, 0.05) is 6.04 Å². The van der Waals surface area contributed by atoms with Gasteiger partial charge in [-0.25, -0.2) is 0 Å². The molecule has 11 heavy (non-hydrogen) atoms. The van der Waals surface area contributed by atoms with Gasteiger partial charge in [0.05, 0.1) is 12.9 Å². The molecular weight excluding hydrogens is 166 g/mol. The van der Waals surface area contributed by atoms with Gasteiger partial charge < -0.3 is 4.90 Å². The maximum absolute atomic E-state index is 10.5. The van der Waals surface area contributed by atoms with Gasteiger partial charge in [-0.15, -0.1) is 0 Å². The summed E-state index contributed by atoms with van der Waals surface area (Å²) < 4.78 is 25.6. The van der Waals surface area contributed by atoms with Crippen LogP contribution in [-0.4, -0.2) is 46.3 Å². The first-order chi connectivity index (χ1) is 4.83. The van der Waals surface area contributed by atoms with Gasteiger partial charge in [0.2, 0.25) is 0 Å². The largest absolute Gasteiger partial charge is 0.304 e. The molecule has 0 aromatic rings. The van der Waals surface area contributed by atoms with Crippen LogP contribution in [0.1, 0.15) is 6.92 Å². The summed E-state index contributed by atoms with van der Waals surface area (Å²) in [5, 5.41) is 0. The maximum Gasteiger partial charge on any atom is 0.264 e. The van der Waals surface area contributed by atoms with Gasteiger partial charge in [-0.05, 0) is 21.0 Å². The Morgan fingerprint density at radius 3 is 2.18 bits per heavy atom. The number of rotatable bonds is 4. The van der Waals surface area contributed by atoms with Crippen LogP contribution in [0.4, 0.5) is 0 Å². The van der Waals surface area contributed by atoms with Crippen LogP contribution in [0.2, 0.25) is 0 Å². The van der Waals surface area contributed by atoms with Crippen LogP contribution in [0.25, 0.3) is 0 Å². The molecule has 0 saturated heterocycles. The third-order valence-corrected chi connectivity index (χ3v) is 1.97. The number of nitrogens with zero attached hydrogens (tertiary/aromatic N) is 1. The Labute approximate surface area is 68.3 Å². The lowest BCUT2D eigenvalue weighted by molar-refractivity contribution is 0.204. The molecule has 0 aromatic carbocycles. The van der Waals surface area contributed by atoms with Gasteiger partial charge >= 0.3 is 0 Å². The lowest BCUT2D eigenvalue weighted by atomic mass is 10.3. The quantitative estimate of drug-likeness (QED) is 0.569. The third kappa shape index (κ3) is 6.28. The second kappa shape index (κ2) is 4.04. The van der Waals surface area contributed by atoms with Crippen LogP contribution >= 0.6 is 0 Å². The highest BCUT2D eigenvalue weighted by atomic mass is 32.2. The Balaban J connectivity index is 3.72. The highest BCUT2D eigenvalue weighted by molar-refractivity contribution is 7.85. The molecule has 0 bridgehead atoms. The molecule has 0 aliphatic heterocycles. The molecule has 0 spiro atoms. The fourth-order valence-electron chi connectivity index (χ4n) is 0.371. The van der Waals surface area contributed by atoms with E-state index in [0.717, 1.165) is 6.26 Å². The Kier molecular flexibility index (Phi) is 3.99. The van der Waals surface area contributed by atoms with Crippen molar-refractivity contribution in [3.63, 3.8) is 0 Å². The molecular formula is C6H15NO3S. The smallest absolute Gasteiger partial charge is 0.264 e. The summed E-state index contributed by atoms with van der Waals surface area (Å²) in [4.78, 5) is 1.89. The molecule has 5 heteroatoms. The van der Waals surface area contributed by atoms with Crippen LogP contribution in [0.15, 0.2) is 0 Å². The molecule has 68 valence electrons. The molecule has 4 nitrogen and oxygen atoms in total. The summed E-state index contributed by atoms with van der Waals surface area (Å²) in [6, 6.07) is 0.115. The van der Waals surface area contributed by atoms with Crippen molar-refractivity contribution in [2.24, 2.45) is 0 Å². The van der Waals surface area contributed by atoms with Crippen molar-refractivity contribution in [2.75, 3.05) is 27.0 Å². The minimum atomic E-state index is -3.28. The van der Waals surface area contributed by atoms with Crippen LogP contribution in [0.3, 0.4) is 0 Å². The SMILES string of the molecule is C[C@H](COS(C)(=O)=O)N(C)C. The van der Waals surface area contributed by atoms with Crippen molar-refractivity contribution < 1.29 is 12.6 Å².